The summed E-state index contributed by atoms with van der Waals surface area (Å²) < 4.78 is 5.39. The van der Waals surface area contributed by atoms with Crippen molar-refractivity contribution in [3.8, 4) is 0 Å². The number of hydrogen-bond donors (Lipinski definition) is 3. The molecule has 6 heteroatoms. The number of carbonyl (C=O) groups is 1. The Morgan fingerprint density at radius 3 is 2.68 bits per heavy atom. The second kappa shape index (κ2) is 7.81. The Balaban J connectivity index is 1.80. The zero-order valence-electron chi connectivity index (χ0n) is 12.8. The number of urea groups is 1. The van der Waals surface area contributed by atoms with Crippen LogP contribution in [-0.2, 0) is 4.74 Å². The topological polar surface area (TPSA) is 70.6 Å². The molecule has 22 heavy (non-hydrogen) atoms. The van der Waals surface area contributed by atoms with Gasteiger partial charge in [0, 0.05) is 30.8 Å². The zero-order valence-corrected chi connectivity index (χ0v) is 13.5. The van der Waals surface area contributed by atoms with Gasteiger partial charge < -0.3 is 20.5 Å². The highest BCUT2D eigenvalue weighted by Crippen LogP contribution is 2.28. The average molecular weight is 327 g/mol. The van der Waals surface area contributed by atoms with Crippen LogP contribution in [0.3, 0.4) is 0 Å². The van der Waals surface area contributed by atoms with E-state index < -0.39 is 5.60 Å². The molecule has 2 rings (SSSR count). The Hall–Kier alpha value is -1.30. The lowest BCUT2D eigenvalue weighted by atomic mass is 10.0. The lowest BCUT2D eigenvalue weighted by Gasteiger charge is -2.23. The molecule has 0 radical (unpaired) electrons. The van der Waals surface area contributed by atoms with E-state index in [0.717, 1.165) is 31.2 Å². The van der Waals surface area contributed by atoms with Crippen LogP contribution in [0, 0.1) is 0 Å². The molecular formula is C16H23ClN2O3. The van der Waals surface area contributed by atoms with Crippen LogP contribution in [0.25, 0.3) is 0 Å². The molecule has 1 aromatic rings. The molecule has 1 saturated carbocycles. The van der Waals surface area contributed by atoms with Gasteiger partial charge in [0.15, 0.2) is 0 Å². The summed E-state index contributed by atoms with van der Waals surface area (Å²) in [5.41, 5.74) is 0.0853. The molecule has 1 aromatic carbocycles. The van der Waals surface area contributed by atoms with E-state index in [9.17, 15) is 9.90 Å². The molecule has 122 valence electrons. The summed E-state index contributed by atoms with van der Waals surface area (Å²) >= 11 is 6.14. The lowest BCUT2D eigenvalue weighted by molar-refractivity contribution is 0.0498. The molecule has 1 fully saturated rings. The third-order valence-electron chi connectivity index (χ3n) is 4.10. The number of aliphatic hydroxyl groups is 1. The number of carbonyl (C=O) groups excluding carboxylic acids is 1. The molecule has 5 nitrogen and oxygen atoms in total. The Kier molecular flexibility index (Phi) is 6.06. The van der Waals surface area contributed by atoms with Gasteiger partial charge in [0.25, 0.3) is 0 Å². The molecule has 3 N–H and O–H groups in total. The molecule has 0 saturated heterocycles. The van der Waals surface area contributed by atoms with Gasteiger partial charge >= 0.3 is 6.03 Å². The fraction of sp³-hybridized carbons (Fsp3) is 0.562. The standard InChI is InChI=1S/C16H23ClN2O3/c1-22-14(12-6-2-3-7-13(12)17)10-18-15(20)19-11-16(21)8-4-5-9-16/h2-3,6-7,14,21H,4-5,8-11H2,1H3,(H2,18,19,20). The van der Waals surface area contributed by atoms with Crippen LogP contribution in [0.2, 0.25) is 5.02 Å². The molecule has 2 amide bonds. The van der Waals surface area contributed by atoms with E-state index >= 15 is 0 Å². The molecule has 1 aliphatic carbocycles. The highest BCUT2D eigenvalue weighted by molar-refractivity contribution is 6.31. The Morgan fingerprint density at radius 2 is 2.05 bits per heavy atom. The third kappa shape index (κ3) is 4.60. The van der Waals surface area contributed by atoms with E-state index in [1.165, 1.54) is 0 Å². The van der Waals surface area contributed by atoms with Crippen molar-refractivity contribution in [2.75, 3.05) is 20.2 Å². The number of halogens is 1. The first kappa shape index (κ1) is 17.1. The van der Waals surface area contributed by atoms with Crippen LogP contribution in [0.5, 0.6) is 0 Å². The van der Waals surface area contributed by atoms with Gasteiger partial charge in [0.2, 0.25) is 0 Å². The first-order valence-electron chi connectivity index (χ1n) is 7.55. The molecule has 0 heterocycles. The van der Waals surface area contributed by atoms with Gasteiger partial charge in [-0.2, -0.15) is 0 Å². The predicted molar refractivity (Wildman–Crippen MR) is 86.0 cm³/mol. The second-order valence-corrected chi connectivity index (χ2v) is 6.15. The van der Waals surface area contributed by atoms with E-state index in [-0.39, 0.29) is 18.7 Å². The van der Waals surface area contributed by atoms with Crippen molar-refractivity contribution in [1.82, 2.24) is 10.6 Å². The van der Waals surface area contributed by atoms with Crippen molar-refractivity contribution in [1.29, 1.82) is 0 Å². The van der Waals surface area contributed by atoms with Gasteiger partial charge in [-0.25, -0.2) is 4.79 Å². The summed E-state index contributed by atoms with van der Waals surface area (Å²) in [6, 6.07) is 7.08. The fourth-order valence-electron chi connectivity index (χ4n) is 2.76. The van der Waals surface area contributed by atoms with Crippen molar-refractivity contribution < 1.29 is 14.6 Å². The van der Waals surface area contributed by atoms with Crippen LogP contribution in [0.1, 0.15) is 37.4 Å². The Bertz CT molecular complexity index is 504. The maximum absolute atomic E-state index is 11.9. The summed E-state index contributed by atoms with van der Waals surface area (Å²) in [5.74, 6) is 0. The van der Waals surface area contributed by atoms with Gasteiger partial charge in [-0.3, -0.25) is 0 Å². The van der Waals surface area contributed by atoms with E-state index in [4.69, 9.17) is 16.3 Å². The lowest BCUT2D eigenvalue weighted by Crippen LogP contribution is -2.45. The predicted octanol–water partition coefficient (Wildman–Crippen LogP) is 2.63. The van der Waals surface area contributed by atoms with Gasteiger partial charge in [-0.15, -0.1) is 0 Å². The molecule has 1 aliphatic rings. The molecule has 1 unspecified atom stereocenters. The summed E-state index contributed by atoms with van der Waals surface area (Å²) in [7, 11) is 1.58. The molecular weight excluding hydrogens is 304 g/mol. The van der Waals surface area contributed by atoms with Gasteiger partial charge in [0.1, 0.15) is 6.10 Å². The summed E-state index contributed by atoms with van der Waals surface area (Å²) in [6.07, 6.45) is 3.20. The van der Waals surface area contributed by atoms with Crippen LogP contribution in [-0.4, -0.2) is 36.9 Å². The first-order valence-corrected chi connectivity index (χ1v) is 7.93. The summed E-state index contributed by atoms with van der Waals surface area (Å²) in [6.45, 7) is 0.590. The van der Waals surface area contributed by atoms with E-state index in [1.807, 2.05) is 18.2 Å². The van der Waals surface area contributed by atoms with E-state index in [0.29, 0.717) is 11.6 Å². The largest absolute Gasteiger partial charge is 0.388 e. The van der Waals surface area contributed by atoms with Crippen molar-refractivity contribution in [3.63, 3.8) is 0 Å². The highest BCUT2D eigenvalue weighted by atomic mass is 35.5. The van der Waals surface area contributed by atoms with Crippen molar-refractivity contribution >= 4 is 17.6 Å². The zero-order chi connectivity index (χ0) is 16.0. The van der Waals surface area contributed by atoms with Crippen molar-refractivity contribution in [2.24, 2.45) is 0 Å². The number of ether oxygens (including phenoxy) is 1. The minimum Gasteiger partial charge on any atom is -0.388 e. The number of amides is 2. The van der Waals surface area contributed by atoms with Crippen molar-refractivity contribution in [2.45, 2.75) is 37.4 Å². The van der Waals surface area contributed by atoms with Crippen molar-refractivity contribution in [3.05, 3.63) is 34.9 Å². The molecule has 0 spiro atoms. The number of rotatable bonds is 6. The Labute approximate surface area is 136 Å². The maximum Gasteiger partial charge on any atom is 0.314 e. The second-order valence-electron chi connectivity index (χ2n) is 5.74. The van der Waals surface area contributed by atoms with Gasteiger partial charge in [0.05, 0.1) is 5.60 Å². The Morgan fingerprint density at radius 1 is 1.36 bits per heavy atom. The number of methoxy groups -OCH3 is 1. The quantitative estimate of drug-likeness (QED) is 0.752. The number of hydrogen-bond acceptors (Lipinski definition) is 3. The van der Waals surface area contributed by atoms with E-state index in [2.05, 4.69) is 10.6 Å². The van der Waals surface area contributed by atoms with E-state index in [1.54, 1.807) is 13.2 Å². The summed E-state index contributed by atoms with van der Waals surface area (Å²) in [4.78, 5) is 11.9. The normalized spacial score (nSPS) is 18.0. The fourth-order valence-corrected chi connectivity index (χ4v) is 3.02. The first-order chi connectivity index (χ1) is 10.5. The highest BCUT2D eigenvalue weighted by Gasteiger charge is 2.31. The van der Waals surface area contributed by atoms with Crippen LogP contribution < -0.4 is 10.6 Å². The molecule has 0 aromatic heterocycles. The monoisotopic (exact) mass is 326 g/mol. The number of nitrogens with one attached hydrogen (secondary N) is 2. The van der Waals surface area contributed by atoms with Crippen LogP contribution in [0.15, 0.2) is 24.3 Å². The molecule has 1 atom stereocenters. The van der Waals surface area contributed by atoms with Crippen LogP contribution >= 0.6 is 11.6 Å². The maximum atomic E-state index is 11.9. The molecule has 0 aliphatic heterocycles. The van der Waals surface area contributed by atoms with Gasteiger partial charge in [-0.05, 0) is 18.9 Å². The number of benzene rings is 1. The summed E-state index contributed by atoms with van der Waals surface area (Å²) in [5, 5.41) is 16.3. The minimum atomic E-state index is -0.749. The minimum absolute atomic E-state index is 0.280. The third-order valence-corrected chi connectivity index (χ3v) is 4.44. The molecule has 0 bridgehead atoms. The average Bonchev–Trinajstić information content (AvgIpc) is 2.95. The smallest absolute Gasteiger partial charge is 0.314 e. The van der Waals surface area contributed by atoms with Gasteiger partial charge in [-0.1, -0.05) is 42.6 Å². The SMILES string of the molecule is COC(CNC(=O)NCC1(O)CCCC1)c1ccccc1Cl. The van der Waals surface area contributed by atoms with Crippen LogP contribution in [0.4, 0.5) is 4.79 Å².